The molecule has 2 nitrogen and oxygen atoms in total. The van der Waals surface area contributed by atoms with Crippen molar-refractivity contribution in [3.05, 3.63) is 0 Å². The van der Waals surface area contributed by atoms with Crippen molar-refractivity contribution in [1.82, 2.24) is 5.32 Å². The van der Waals surface area contributed by atoms with Crippen LogP contribution in [0.1, 0.15) is 51.9 Å². The molecule has 1 atom stereocenters. The summed E-state index contributed by atoms with van der Waals surface area (Å²) in [6, 6.07) is 0. The molecule has 4 heteroatoms. The Bertz CT molecular complexity index is 412. The Hall–Kier alpha value is 0.430. The Morgan fingerprint density at radius 1 is 1.05 bits per heavy atom. The van der Waals surface area contributed by atoms with E-state index in [9.17, 15) is 4.79 Å². The highest BCUT2D eigenvalue weighted by atomic mass is 79.9. The van der Waals surface area contributed by atoms with E-state index in [0.29, 0.717) is 0 Å². The maximum Gasteiger partial charge on any atom is 0.228 e. The van der Waals surface area contributed by atoms with Gasteiger partial charge in [-0.15, -0.1) is 0 Å². The molecule has 0 saturated heterocycles. The van der Waals surface area contributed by atoms with Crippen molar-refractivity contribution in [3.63, 3.8) is 0 Å². The average Bonchev–Trinajstić information content (AvgIpc) is 2.76. The first-order valence-corrected chi connectivity index (χ1v) is 9.11. The summed E-state index contributed by atoms with van der Waals surface area (Å²) in [6.45, 7) is 2.06. The number of carbonyl (C=O) groups excluding carboxylic acids is 1. The van der Waals surface area contributed by atoms with Gasteiger partial charge in [-0.3, -0.25) is 4.79 Å². The molecule has 5 saturated carbocycles. The molecule has 5 rings (SSSR count). The van der Waals surface area contributed by atoms with Gasteiger partial charge in [0.25, 0.3) is 0 Å². The van der Waals surface area contributed by atoms with Gasteiger partial charge in [0.15, 0.2) is 0 Å². The minimum absolute atomic E-state index is 0.146. The summed E-state index contributed by atoms with van der Waals surface area (Å²) in [5.41, 5.74) is -0.121. The molecule has 5 aliphatic rings. The lowest BCUT2D eigenvalue weighted by Crippen LogP contribution is -2.61. The molecule has 0 heterocycles. The quantitative estimate of drug-likeness (QED) is 0.710. The maximum atomic E-state index is 12.7. The second-order valence-corrected chi connectivity index (χ2v) is 11.6. The molecule has 0 aromatic rings. The van der Waals surface area contributed by atoms with Gasteiger partial charge in [0.05, 0.1) is 8.65 Å². The van der Waals surface area contributed by atoms with Crippen LogP contribution in [-0.4, -0.2) is 14.7 Å². The van der Waals surface area contributed by atoms with E-state index >= 15 is 0 Å². The third-order valence-electron chi connectivity index (χ3n) is 6.18. The third-order valence-corrected chi connectivity index (χ3v) is 8.49. The molecular formula is C15H21Br2NO. The maximum absolute atomic E-state index is 12.7. The summed E-state index contributed by atoms with van der Waals surface area (Å²) in [6.07, 6.45) is 8.86. The topological polar surface area (TPSA) is 29.1 Å². The van der Waals surface area contributed by atoms with Gasteiger partial charge in [-0.2, -0.15) is 0 Å². The minimum Gasteiger partial charge on any atom is -0.350 e. The molecule has 0 radical (unpaired) electrons. The number of amides is 1. The summed E-state index contributed by atoms with van der Waals surface area (Å²) in [7, 11) is 0. The molecule has 5 aliphatic carbocycles. The molecule has 4 bridgehead atoms. The van der Waals surface area contributed by atoms with Crippen molar-refractivity contribution < 1.29 is 4.79 Å². The molecule has 5 fully saturated rings. The number of halogens is 2. The number of hydrogen-bond acceptors (Lipinski definition) is 1. The van der Waals surface area contributed by atoms with Gasteiger partial charge in [-0.1, -0.05) is 31.9 Å². The van der Waals surface area contributed by atoms with Gasteiger partial charge in [0.2, 0.25) is 5.91 Å². The first kappa shape index (κ1) is 13.1. The largest absolute Gasteiger partial charge is 0.350 e. The number of hydrogen-bond donors (Lipinski definition) is 1. The molecule has 0 aromatic carbocycles. The molecule has 0 aliphatic heterocycles. The molecule has 0 unspecified atom stereocenters. The molecule has 0 spiro atoms. The van der Waals surface area contributed by atoms with Crippen molar-refractivity contribution >= 4 is 37.8 Å². The SMILES string of the molecule is C[C@@]1(C(=O)NC23CC4CC(CC(C4)C2)C3)CC1(Br)Br. The highest BCUT2D eigenvalue weighted by molar-refractivity contribution is 9.25. The number of rotatable bonds is 2. The van der Waals surface area contributed by atoms with Gasteiger partial charge in [0, 0.05) is 5.54 Å². The highest BCUT2D eigenvalue weighted by Gasteiger charge is 2.67. The number of alkyl halides is 2. The van der Waals surface area contributed by atoms with Crippen LogP contribution in [0.5, 0.6) is 0 Å². The van der Waals surface area contributed by atoms with Crippen LogP contribution in [0, 0.1) is 23.2 Å². The monoisotopic (exact) mass is 389 g/mol. The molecule has 106 valence electrons. The van der Waals surface area contributed by atoms with Crippen LogP contribution in [0.2, 0.25) is 0 Å². The molecular weight excluding hydrogens is 370 g/mol. The fourth-order valence-electron chi connectivity index (χ4n) is 5.29. The van der Waals surface area contributed by atoms with Crippen molar-refractivity contribution in [3.8, 4) is 0 Å². The lowest BCUT2D eigenvalue weighted by molar-refractivity contribution is -0.131. The van der Waals surface area contributed by atoms with Gasteiger partial charge < -0.3 is 5.32 Å². The Kier molecular flexibility index (Phi) is 2.62. The zero-order chi connectivity index (χ0) is 13.5. The number of carbonyl (C=O) groups is 1. The Morgan fingerprint density at radius 3 is 1.84 bits per heavy atom. The van der Waals surface area contributed by atoms with E-state index in [1.54, 1.807) is 0 Å². The van der Waals surface area contributed by atoms with Crippen molar-refractivity contribution in [2.75, 3.05) is 0 Å². The van der Waals surface area contributed by atoms with Crippen LogP contribution in [0.3, 0.4) is 0 Å². The smallest absolute Gasteiger partial charge is 0.228 e. The van der Waals surface area contributed by atoms with Crippen LogP contribution in [-0.2, 0) is 4.79 Å². The normalized spacial score (nSPS) is 53.1. The molecule has 1 N–H and O–H groups in total. The molecule has 0 aromatic heterocycles. The number of nitrogens with one attached hydrogen (secondary N) is 1. The third kappa shape index (κ3) is 1.88. The molecule has 1 amide bonds. The standard InChI is InChI=1S/C15H21Br2NO/c1-13(8-15(13,16)17)12(19)18-14-5-9-2-10(6-14)4-11(3-9)7-14/h9-11H,2-8H2,1H3,(H,18,19)/t9?,10?,11?,13-,14?/m0/s1. The van der Waals surface area contributed by atoms with Gasteiger partial charge in [-0.25, -0.2) is 0 Å². The first-order chi connectivity index (χ1) is 8.82. The minimum atomic E-state index is -0.268. The predicted molar refractivity (Wildman–Crippen MR) is 82.4 cm³/mol. The fourth-order valence-corrected chi connectivity index (χ4v) is 6.77. The fraction of sp³-hybridized carbons (Fsp3) is 0.933. The Labute approximate surface area is 131 Å². The summed E-state index contributed by atoms with van der Waals surface area (Å²) in [4.78, 5) is 12.7. The second kappa shape index (κ2) is 3.79. The first-order valence-electron chi connectivity index (χ1n) is 7.52. The van der Waals surface area contributed by atoms with E-state index in [-0.39, 0.29) is 20.1 Å². The van der Waals surface area contributed by atoms with Crippen LogP contribution in [0.25, 0.3) is 0 Å². The lowest BCUT2D eigenvalue weighted by atomic mass is 9.53. The van der Waals surface area contributed by atoms with E-state index in [4.69, 9.17) is 0 Å². The average molecular weight is 391 g/mol. The molecule has 19 heavy (non-hydrogen) atoms. The van der Waals surface area contributed by atoms with E-state index < -0.39 is 0 Å². The zero-order valence-corrected chi connectivity index (χ0v) is 14.5. The van der Waals surface area contributed by atoms with E-state index in [0.717, 1.165) is 24.2 Å². The predicted octanol–water partition coefficient (Wildman–Crippen LogP) is 3.97. The van der Waals surface area contributed by atoms with Crippen molar-refractivity contribution in [1.29, 1.82) is 0 Å². The van der Waals surface area contributed by atoms with Gasteiger partial charge in [0.1, 0.15) is 0 Å². The van der Waals surface area contributed by atoms with E-state index in [1.807, 2.05) is 0 Å². The Morgan fingerprint density at radius 2 is 1.47 bits per heavy atom. The summed E-state index contributed by atoms with van der Waals surface area (Å²) < 4.78 is -0.167. The van der Waals surface area contributed by atoms with Crippen LogP contribution in [0.4, 0.5) is 0 Å². The summed E-state index contributed by atoms with van der Waals surface area (Å²) in [5, 5.41) is 3.48. The highest BCUT2D eigenvalue weighted by Crippen LogP contribution is 2.67. The van der Waals surface area contributed by atoms with Crippen LogP contribution in [0.15, 0.2) is 0 Å². The van der Waals surface area contributed by atoms with Crippen LogP contribution < -0.4 is 5.32 Å². The Balaban J connectivity index is 1.53. The van der Waals surface area contributed by atoms with Crippen LogP contribution >= 0.6 is 31.9 Å². The summed E-state index contributed by atoms with van der Waals surface area (Å²) in [5.74, 6) is 2.91. The lowest BCUT2D eigenvalue weighted by Gasteiger charge is -2.57. The van der Waals surface area contributed by atoms with Gasteiger partial charge in [-0.05, 0) is 69.6 Å². The summed E-state index contributed by atoms with van der Waals surface area (Å²) >= 11 is 7.23. The van der Waals surface area contributed by atoms with Gasteiger partial charge >= 0.3 is 0 Å². The second-order valence-electron chi connectivity index (χ2n) is 7.87. The van der Waals surface area contributed by atoms with Crippen molar-refractivity contribution in [2.45, 2.75) is 60.6 Å². The van der Waals surface area contributed by atoms with E-state index in [1.165, 1.54) is 38.5 Å². The van der Waals surface area contributed by atoms with Crippen molar-refractivity contribution in [2.24, 2.45) is 23.2 Å². The van der Waals surface area contributed by atoms with E-state index in [2.05, 4.69) is 44.1 Å². The zero-order valence-electron chi connectivity index (χ0n) is 11.3.